The molecule has 0 aromatic rings. The summed E-state index contributed by atoms with van der Waals surface area (Å²) in [4.78, 5) is 11.8. The summed E-state index contributed by atoms with van der Waals surface area (Å²) in [5, 5.41) is 0.245. The molecule has 3 fully saturated rings. The van der Waals surface area contributed by atoms with Gasteiger partial charge in [0.2, 0.25) is 0 Å². The Hall–Kier alpha value is -1.13. The Balaban J connectivity index is 1.66. The van der Waals surface area contributed by atoms with Crippen LogP contribution in [0.1, 0.15) is 112 Å². The van der Waals surface area contributed by atoms with Crippen LogP contribution in [0.5, 0.6) is 0 Å². The molecule has 3 aliphatic rings. The summed E-state index contributed by atoms with van der Waals surface area (Å²) in [5.74, 6) is 2.07. The zero-order valence-electron chi connectivity index (χ0n) is 25.4. The molecule has 3 aliphatic carbocycles. The lowest BCUT2D eigenvalue weighted by atomic mass is 9.60. The maximum Gasteiger partial charge on any atom is 0.305 e. The van der Waals surface area contributed by atoms with E-state index in [1.807, 2.05) is 6.92 Å². The Labute approximate surface area is 229 Å². The van der Waals surface area contributed by atoms with Gasteiger partial charge in [0.25, 0.3) is 0 Å². The third kappa shape index (κ3) is 7.29. The first kappa shape index (κ1) is 30.4. The fraction of sp³-hybridized carbons (Fsp3) is 0.788. The molecule has 0 aliphatic heterocycles. The number of carbonyl (C=O) groups is 1. The fourth-order valence-corrected chi connectivity index (χ4v) is 8.68. The first-order valence-corrected chi connectivity index (χ1v) is 18.1. The highest BCUT2D eigenvalue weighted by Crippen LogP contribution is 2.60. The van der Waals surface area contributed by atoms with Gasteiger partial charge in [-0.3, -0.25) is 4.79 Å². The number of rotatable bonds is 9. The van der Waals surface area contributed by atoms with Gasteiger partial charge in [-0.2, -0.15) is 0 Å². The summed E-state index contributed by atoms with van der Waals surface area (Å²) >= 11 is 0. The summed E-state index contributed by atoms with van der Waals surface area (Å²) in [6, 6.07) is 0. The molecular weight excluding hydrogens is 472 g/mol. The molecule has 0 saturated heterocycles. The molecule has 4 heteroatoms. The number of hydrogen-bond acceptors (Lipinski definition) is 3. The van der Waals surface area contributed by atoms with Crippen LogP contribution in [0, 0.1) is 23.2 Å². The van der Waals surface area contributed by atoms with E-state index in [2.05, 4.69) is 66.4 Å². The molecule has 210 valence electrons. The quantitative estimate of drug-likeness (QED) is 0.221. The van der Waals surface area contributed by atoms with Crippen molar-refractivity contribution in [3.05, 3.63) is 35.5 Å². The van der Waals surface area contributed by atoms with Crippen LogP contribution < -0.4 is 0 Å². The van der Waals surface area contributed by atoms with E-state index >= 15 is 0 Å². The van der Waals surface area contributed by atoms with E-state index in [-0.39, 0.29) is 11.0 Å². The molecule has 0 radical (unpaired) electrons. The summed E-state index contributed by atoms with van der Waals surface area (Å²) < 4.78 is 11.9. The SMILES string of the molecule is C=C1CC[C@H](O[Si](C)(C)C(C)(C)C)C/C1=C\C=C1/CCC[C@@]2(C)C1CC[C@@H]2[C@H](C)CCCC(=O)OCC. The molecular formula is C33H56O3Si. The maximum absolute atomic E-state index is 11.8. The molecule has 1 unspecified atom stereocenters. The number of allylic oxidation sites excluding steroid dienone is 4. The third-order valence-electron chi connectivity index (χ3n) is 10.5. The molecule has 0 aromatic heterocycles. The van der Waals surface area contributed by atoms with E-state index < -0.39 is 8.32 Å². The molecule has 0 heterocycles. The Morgan fingerprint density at radius 3 is 2.59 bits per heavy atom. The standard InChI is InChI=1S/C33H56O3Si/c1-10-35-31(34)15-11-13-25(3)29-20-21-30-26(14-12-22-33(29,30)7)17-18-27-23-28(19-16-24(27)2)36-37(8,9)32(4,5)6/h17-18,25,28-30H,2,10-16,19-23H2,1,3-9H3/b26-17+,27-18+/t25-,28+,29-,30?,33-/m1/s1. The van der Waals surface area contributed by atoms with E-state index in [1.54, 1.807) is 5.57 Å². The van der Waals surface area contributed by atoms with E-state index in [4.69, 9.17) is 9.16 Å². The van der Waals surface area contributed by atoms with Crippen LogP contribution in [-0.4, -0.2) is 27.0 Å². The number of carbonyl (C=O) groups excluding carboxylic acids is 1. The van der Waals surface area contributed by atoms with Gasteiger partial charge < -0.3 is 9.16 Å². The van der Waals surface area contributed by atoms with Gasteiger partial charge in [-0.1, -0.05) is 64.5 Å². The lowest BCUT2D eigenvalue weighted by Gasteiger charge is -2.44. The van der Waals surface area contributed by atoms with Gasteiger partial charge in [0, 0.05) is 12.5 Å². The number of esters is 1. The van der Waals surface area contributed by atoms with Crippen molar-refractivity contribution in [2.45, 2.75) is 136 Å². The van der Waals surface area contributed by atoms with Crippen molar-refractivity contribution in [1.82, 2.24) is 0 Å². The Kier molecular flexibility index (Phi) is 10.2. The van der Waals surface area contributed by atoms with E-state index in [0.29, 0.717) is 36.4 Å². The van der Waals surface area contributed by atoms with Crippen molar-refractivity contribution < 1.29 is 14.0 Å². The monoisotopic (exact) mass is 528 g/mol. The second kappa shape index (κ2) is 12.4. The first-order valence-electron chi connectivity index (χ1n) is 15.2. The van der Waals surface area contributed by atoms with Crippen molar-refractivity contribution in [2.75, 3.05) is 6.61 Å². The third-order valence-corrected chi connectivity index (χ3v) is 15.0. The lowest BCUT2D eigenvalue weighted by Crippen LogP contribution is -2.44. The van der Waals surface area contributed by atoms with Gasteiger partial charge in [-0.05, 0) is 118 Å². The molecule has 0 N–H and O–H groups in total. The van der Waals surface area contributed by atoms with Crippen LogP contribution in [0.4, 0.5) is 0 Å². The minimum Gasteiger partial charge on any atom is -0.466 e. The average molecular weight is 529 g/mol. The van der Waals surface area contributed by atoms with Gasteiger partial charge >= 0.3 is 5.97 Å². The van der Waals surface area contributed by atoms with Gasteiger partial charge in [-0.15, -0.1) is 0 Å². The van der Waals surface area contributed by atoms with Crippen molar-refractivity contribution >= 4 is 14.3 Å². The van der Waals surface area contributed by atoms with Crippen LogP contribution in [0.15, 0.2) is 35.5 Å². The van der Waals surface area contributed by atoms with Crippen LogP contribution >= 0.6 is 0 Å². The second-order valence-electron chi connectivity index (χ2n) is 14.1. The lowest BCUT2D eigenvalue weighted by molar-refractivity contribution is -0.143. The largest absolute Gasteiger partial charge is 0.466 e. The normalized spacial score (nSPS) is 32.0. The molecule has 5 atom stereocenters. The smallest absolute Gasteiger partial charge is 0.305 e. The second-order valence-corrected chi connectivity index (χ2v) is 18.8. The molecule has 3 saturated carbocycles. The predicted octanol–water partition coefficient (Wildman–Crippen LogP) is 9.56. The minimum atomic E-state index is -1.76. The van der Waals surface area contributed by atoms with E-state index in [9.17, 15) is 4.79 Å². The number of hydrogen-bond donors (Lipinski definition) is 0. The highest BCUT2D eigenvalue weighted by molar-refractivity contribution is 6.74. The zero-order valence-corrected chi connectivity index (χ0v) is 26.4. The van der Waals surface area contributed by atoms with Crippen molar-refractivity contribution in [1.29, 1.82) is 0 Å². The Morgan fingerprint density at radius 2 is 1.92 bits per heavy atom. The highest BCUT2D eigenvalue weighted by atomic mass is 28.4. The van der Waals surface area contributed by atoms with Crippen LogP contribution in [0.25, 0.3) is 0 Å². The predicted molar refractivity (Wildman–Crippen MR) is 159 cm³/mol. The molecule has 0 amide bonds. The van der Waals surface area contributed by atoms with E-state index in [1.165, 1.54) is 43.3 Å². The molecule has 3 nitrogen and oxygen atoms in total. The maximum atomic E-state index is 11.8. The first-order chi connectivity index (χ1) is 17.3. The molecule has 37 heavy (non-hydrogen) atoms. The van der Waals surface area contributed by atoms with Crippen molar-refractivity contribution in [2.24, 2.45) is 23.2 Å². The zero-order chi connectivity index (χ0) is 27.4. The number of fused-ring (bicyclic) bond motifs is 1. The average Bonchev–Trinajstić information content (AvgIpc) is 3.16. The van der Waals surface area contributed by atoms with Gasteiger partial charge in [0.15, 0.2) is 8.32 Å². The molecule has 0 bridgehead atoms. The highest BCUT2D eigenvalue weighted by Gasteiger charge is 2.50. The van der Waals surface area contributed by atoms with Crippen molar-refractivity contribution in [3.63, 3.8) is 0 Å². The summed E-state index contributed by atoms with van der Waals surface area (Å²) in [7, 11) is -1.76. The van der Waals surface area contributed by atoms with E-state index in [0.717, 1.165) is 38.0 Å². The summed E-state index contributed by atoms with van der Waals surface area (Å²) in [6.07, 6.45) is 17.6. The fourth-order valence-electron chi connectivity index (χ4n) is 7.29. The molecule has 0 spiro atoms. The van der Waals surface area contributed by atoms with Gasteiger partial charge in [0.05, 0.1) is 6.61 Å². The minimum absolute atomic E-state index is 0.0395. The Morgan fingerprint density at radius 1 is 1.19 bits per heavy atom. The van der Waals surface area contributed by atoms with Crippen LogP contribution in [-0.2, 0) is 14.0 Å². The summed E-state index contributed by atoms with van der Waals surface area (Å²) in [5.41, 5.74) is 4.79. The number of ether oxygens (including phenoxy) is 1. The van der Waals surface area contributed by atoms with Crippen LogP contribution in [0.3, 0.4) is 0 Å². The molecule has 0 aromatic carbocycles. The van der Waals surface area contributed by atoms with Crippen molar-refractivity contribution in [3.8, 4) is 0 Å². The summed E-state index contributed by atoms with van der Waals surface area (Å²) in [6.45, 7) is 23.5. The Bertz CT molecular complexity index is 876. The van der Waals surface area contributed by atoms with Crippen LogP contribution in [0.2, 0.25) is 18.1 Å². The van der Waals surface area contributed by atoms with Gasteiger partial charge in [-0.25, -0.2) is 0 Å². The topological polar surface area (TPSA) is 35.5 Å². The molecule has 3 rings (SSSR count). The van der Waals surface area contributed by atoms with Gasteiger partial charge in [0.1, 0.15) is 0 Å².